The molecule has 0 saturated carbocycles. The number of nitrogens with zero attached hydrogens (tertiary/aromatic N) is 2. The number of ether oxygens (including phenoxy) is 1. The Morgan fingerprint density at radius 1 is 0.933 bits per heavy atom. The van der Waals surface area contributed by atoms with Crippen molar-refractivity contribution >= 4 is 23.2 Å². The molecule has 1 atom stereocenters. The van der Waals surface area contributed by atoms with E-state index in [9.17, 15) is 9.59 Å². The second-order valence-corrected chi connectivity index (χ2v) is 7.59. The van der Waals surface area contributed by atoms with Gasteiger partial charge in [-0.05, 0) is 74.5 Å². The standard InChI is InChI=1S/C24H25N3O3/c1-16-4-5-17(2)27(16)21-8-6-19(7-9-21)25-24(29)18-14-23(28)26(15-18)20-10-12-22(30-3)13-11-20/h4-13,18H,14-15H2,1-3H3,(H,25,29)/t18-/m0/s1. The Balaban J connectivity index is 1.42. The fourth-order valence-corrected chi connectivity index (χ4v) is 3.91. The summed E-state index contributed by atoms with van der Waals surface area (Å²) < 4.78 is 7.32. The van der Waals surface area contributed by atoms with Crippen LogP contribution in [0.3, 0.4) is 0 Å². The monoisotopic (exact) mass is 403 g/mol. The summed E-state index contributed by atoms with van der Waals surface area (Å²) in [5.74, 6) is 0.163. The van der Waals surface area contributed by atoms with Crippen molar-refractivity contribution in [2.75, 3.05) is 23.9 Å². The molecule has 0 unspecified atom stereocenters. The van der Waals surface area contributed by atoms with Crippen molar-refractivity contribution in [3.05, 3.63) is 72.1 Å². The largest absolute Gasteiger partial charge is 0.497 e. The highest BCUT2D eigenvalue weighted by Gasteiger charge is 2.35. The predicted molar refractivity (Wildman–Crippen MR) is 117 cm³/mol. The van der Waals surface area contributed by atoms with Gasteiger partial charge in [0.15, 0.2) is 0 Å². The zero-order chi connectivity index (χ0) is 21.3. The number of carbonyl (C=O) groups excluding carboxylic acids is 2. The molecule has 1 fully saturated rings. The zero-order valence-corrected chi connectivity index (χ0v) is 17.4. The Bertz CT molecular complexity index is 1050. The van der Waals surface area contributed by atoms with Gasteiger partial charge in [0.1, 0.15) is 5.75 Å². The van der Waals surface area contributed by atoms with Crippen LogP contribution in [-0.2, 0) is 9.59 Å². The van der Waals surface area contributed by atoms with Gasteiger partial charge in [0.2, 0.25) is 11.8 Å². The predicted octanol–water partition coefficient (Wildman–Crippen LogP) is 4.09. The molecule has 1 saturated heterocycles. The van der Waals surface area contributed by atoms with Crippen LogP contribution in [0.25, 0.3) is 5.69 Å². The third kappa shape index (κ3) is 3.81. The molecule has 0 aliphatic carbocycles. The Labute approximate surface area is 176 Å². The van der Waals surface area contributed by atoms with Gasteiger partial charge in [0.25, 0.3) is 0 Å². The number of hydrogen-bond acceptors (Lipinski definition) is 3. The van der Waals surface area contributed by atoms with E-state index in [-0.39, 0.29) is 24.2 Å². The van der Waals surface area contributed by atoms with Crippen molar-refractivity contribution in [1.29, 1.82) is 0 Å². The van der Waals surface area contributed by atoms with Crippen LogP contribution in [0.1, 0.15) is 17.8 Å². The number of aromatic nitrogens is 1. The molecule has 3 aromatic rings. The molecule has 0 radical (unpaired) electrons. The van der Waals surface area contributed by atoms with Crippen LogP contribution in [0.4, 0.5) is 11.4 Å². The first-order valence-electron chi connectivity index (χ1n) is 9.97. The number of amides is 2. The van der Waals surface area contributed by atoms with Gasteiger partial charge in [0, 0.05) is 41.4 Å². The highest BCUT2D eigenvalue weighted by atomic mass is 16.5. The van der Waals surface area contributed by atoms with Crippen LogP contribution < -0.4 is 15.0 Å². The van der Waals surface area contributed by atoms with Crippen molar-refractivity contribution in [1.82, 2.24) is 4.57 Å². The lowest BCUT2D eigenvalue weighted by Gasteiger charge is -2.17. The van der Waals surface area contributed by atoms with E-state index in [1.165, 1.54) is 0 Å². The number of hydrogen-bond donors (Lipinski definition) is 1. The highest BCUT2D eigenvalue weighted by molar-refractivity contribution is 6.03. The molecular formula is C24H25N3O3. The number of aryl methyl sites for hydroxylation is 2. The molecule has 2 heterocycles. The quantitative estimate of drug-likeness (QED) is 0.698. The van der Waals surface area contributed by atoms with Crippen LogP contribution >= 0.6 is 0 Å². The van der Waals surface area contributed by atoms with Gasteiger partial charge in [-0.15, -0.1) is 0 Å². The summed E-state index contributed by atoms with van der Waals surface area (Å²) in [5, 5.41) is 2.95. The molecule has 0 spiro atoms. The molecule has 6 heteroatoms. The molecule has 4 rings (SSSR count). The zero-order valence-electron chi connectivity index (χ0n) is 17.4. The minimum Gasteiger partial charge on any atom is -0.497 e. The lowest BCUT2D eigenvalue weighted by atomic mass is 10.1. The van der Waals surface area contributed by atoms with Crippen LogP contribution in [0.5, 0.6) is 5.75 Å². The molecule has 0 bridgehead atoms. The van der Waals surface area contributed by atoms with E-state index in [2.05, 4.69) is 35.9 Å². The van der Waals surface area contributed by atoms with Crippen LogP contribution in [0, 0.1) is 19.8 Å². The third-order valence-corrected chi connectivity index (χ3v) is 5.54. The molecule has 1 aliphatic rings. The number of anilines is 2. The Morgan fingerprint density at radius 3 is 2.13 bits per heavy atom. The average Bonchev–Trinajstić information content (AvgIpc) is 3.31. The summed E-state index contributed by atoms with van der Waals surface area (Å²) in [4.78, 5) is 26.8. The maximum absolute atomic E-state index is 12.7. The number of nitrogens with one attached hydrogen (secondary N) is 1. The van der Waals surface area contributed by atoms with Crippen LogP contribution in [-0.4, -0.2) is 30.0 Å². The number of carbonyl (C=O) groups is 2. The minimum atomic E-state index is -0.381. The Morgan fingerprint density at radius 2 is 1.53 bits per heavy atom. The van der Waals surface area contributed by atoms with E-state index in [4.69, 9.17) is 4.74 Å². The summed E-state index contributed by atoms with van der Waals surface area (Å²) in [6.45, 7) is 4.50. The molecule has 2 amide bonds. The van der Waals surface area contributed by atoms with E-state index in [0.29, 0.717) is 6.54 Å². The van der Waals surface area contributed by atoms with Gasteiger partial charge in [-0.25, -0.2) is 0 Å². The maximum Gasteiger partial charge on any atom is 0.229 e. The van der Waals surface area contributed by atoms with Crippen molar-refractivity contribution in [2.45, 2.75) is 20.3 Å². The van der Waals surface area contributed by atoms with E-state index in [0.717, 1.165) is 34.2 Å². The van der Waals surface area contributed by atoms with Gasteiger partial charge in [-0.2, -0.15) is 0 Å². The van der Waals surface area contributed by atoms with Gasteiger partial charge in [0.05, 0.1) is 13.0 Å². The van der Waals surface area contributed by atoms with E-state index in [1.807, 2.05) is 48.5 Å². The third-order valence-electron chi connectivity index (χ3n) is 5.54. The molecule has 1 aromatic heterocycles. The molecule has 30 heavy (non-hydrogen) atoms. The first-order chi connectivity index (χ1) is 14.5. The van der Waals surface area contributed by atoms with E-state index < -0.39 is 0 Å². The summed E-state index contributed by atoms with van der Waals surface area (Å²) in [6.07, 6.45) is 0.206. The van der Waals surface area contributed by atoms with Crippen molar-refractivity contribution in [3.8, 4) is 11.4 Å². The van der Waals surface area contributed by atoms with Gasteiger partial charge in [-0.3, -0.25) is 9.59 Å². The van der Waals surface area contributed by atoms with Crippen LogP contribution in [0.2, 0.25) is 0 Å². The average molecular weight is 403 g/mol. The lowest BCUT2D eigenvalue weighted by Crippen LogP contribution is -2.28. The summed E-state index contributed by atoms with van der Waals surface area (Å²) >= 11 is 0. The Hall–Kier alpha value is -3.54. The smallest absolute Gasteiger partial charge is 0.229 e. The number of rotatable bonds is 5. The van der Waals surface area contributed by atoms with Gasteiger partial charge < -0.3 is 19.5 Å². The second-order valence-electron chi connectivity index (χ2n) is 7.59. The number of methoxy groups -OCH3 is 1. The first kappa shape index (κ1) is 19.8. The fraction of sp³-hybridized carbons (Fsp3) is 0.250. The maximum atomic E-state index is 12.7. The molecule has 154 valence electrons. The van der Waals surface area contributed by atoms with Crippen molar-refractivity contribution < 1.29 is 14.3 Å². The van der Waals surface area contributed by atoms with E-state index >= 15 is 0 Å². The second kappa shape index (κ2) is 8.06. The SMILES string of the molecule is COc1ccc(N2C[C@@H](C(=O)Nc3ccc(-n4c(C)ccc4C)cc3)CC2=O)cc1. The summed E-state index contributed by atoms with van der Waals surface area (Å²) in [5.41, 5.74) is 4.87. The normalized spacial score (nSPS) is 16.0. The molecular weight excluding hydrogens is 378 g/mol. The van der Waals surface area contributed by atoms with E-state index in [1.54, 1.807) is 12.0 Å². The first-order valence-corrected chi connectivity index (χ1v) is 9.97. The van der Waals surface area contributed by atoms with Gasteiger partial charge in [-0.1, -0.05) is 0 Å². The lowest BCUT2D eigenvalue weighted by molar-refractivity contribution is -0.122. The molecule has 1 aliphatic heterocycles. The topological polar surface area (TPSA) is 63.6 Å². The summed E-state index contributed by atoms with van der Waals surface area (Å²) in [6, 6.07) is 19.2. The highest BCUT2D eigenvalue weighted by Crippen LogP contribution is 2.28. The number of benzene rings is 2. The minimum absolute atomic E-state index is 0.0470. The van der Waals surface area contributed by atoms with Gasteiger partial charge >= 0.3 is 0 Å². The summed E-state index contributed by atoms with van der Waals surface area (Å²) in [7, 11) is 1.60. The van der Waals surface area contributed by atoms with Crippen molar-refractivity contribution in [2.24, 2.45) is 5.92 Å². The van der Waals surface area contributed by atoms with Crippen molar-refractivity contribution in [3.63, 3.8) is 0 Å². The molecule has 6 nitrogen and oxygen atoms in total. The Kier molecular flexibility index (Phi) is 5.31. The van der Waals surface area contributed by atoms with Crippen LogP contribution in [0.15, 0.2) is 60.7 Å². The molecule has 2 aromatic carbocycles. The molecule has 1 N–H and O–H groups in total. The fourth-order valence-electron chi connectivity index (χ4n) is 3.91.